The Bertz CT molecular complexity index is 952. The van der Waals surface area contributed by atoms with Gasteiger partial charge in [-0.25, -0.2) is 15.0 Å². The number of hydrogen-bond acceptors (Lipinski definition) is 8. The largest absolute Gasteiger partial charge is 0.496 e. The fraction of sp³-hybridized carbons (Fsp3) is 0.409. The summed E-state index contributed by atoms with van der Waals surface area (Å²) in [5.41, 5.74) is 1.86. The Morgan fingerprint density at radius 3 is 2.70 bits per heavy atom. The third-order valence-corrected chi connectivity index (χ3v) is 6.58. The topological polar surface area (TPSA) is 66.4 Å². The van der Waals surface area contributed by atoms with Crippen LogP contribution in [0.15, 0.2) is 42.2 Å². The summed E-state index contributed by atoms with van der Waals surface area (Å²) in [7, 11) is 3.87. The molecule has 1 unspecified atom stereocenters. The van der Waals surface area contributed by atoms with Gasteiger partial charge in [-0.15, -0.1) is 11.3 Å². The van der Waals surface area contributed by atoms with Gasteiger partial charge in [-0.1, -0.05) is 6.92 Å². The van der Waals surface area contributed by atoms with Crippen LogP contribution in [-0.2, 0) is 0 Å². The lowest BCUT2D eigenvalue weighted by Crippen LogP contribution is -2.44. The molecule has 30 heavy (non-hydrogen) atoms. The van der Waals surface area contributed by atoms with Crippen LogP contribution in [-0.4, -0.2) is 66.7 Å². The van der Waals surface area contributed by atoms with Crippen molar-refractivity contribution in [3.63, 3.8) is 0 Å². The van der Waals surface area contributed by atoms with Crippen LogP contribution in [0.25, 0.3) is 11.3 Å². The first-order valence-corrected chi connectivity index (χ1v) is 11.1. The first-order chi connectivity index (χ1) is 14.6. The number of pyridine rings is 1. The molecule has 1 aliphatic rings. The SMILES string of the molecule is COc1ccsc1C(C)CNc1cc(-c2ccc(N3CCN(C)CC3)nc2)ncn1. The average Bonchev–Trinajstić information content (AvgIpc) is 3.27. The molecular formula is C22H28N6OS. The monoisotopic (exact) mass is 424 g/mol. The van der Waals surface area contributed by atoms with Crippen molar-refractivity contribution in [3.8, 4) is 17.0 Å². The number of anilines is 2. The Labute approximate surface area is 181 Å². The van der Waals surface area contributed by atoms with Gasteiger partial charge < -0.3 is 19.9 Å². The normalized spacial score (nSPS) is 15.8. The van der Waals surface area contributed by atoms with Gasteiger partial charge >= 0.3 is 0 Å². The molecule has 0 aromatic carbocycles. The molecule has 0 radical (unpaired) electrons. The number of nitrogens with one attached hydrogen (secondary N) is 1. The molecule has 1 fully saturated rings. The lowest BCUT2D eigenvalue weighted by molar-refractivity contribution is 0.312. The van der Waals surface area contributed by atoms with Crippen molar-refractivity contribution in [1.29, 1.82) is 0 Å². The molecule has 0 saturated carbocycles. The number of aromatic nitrogens is 3. The van der Waals surface area contributed by atoms with Crippen molar-refractivity contribution >= 4 is 23.0 Å². The van der Waals surface area contributed by atoms with Crippen molar-refractivity contribution in [1.82, 2.24) is 19.9 Å². The second kappa shape index (κ2) is 9.40. The fourth-order valence-corrected chi connectivity index (χ4v) is 4.48. The molecule has 1 saturated heterocycles. The highest BCUT2D eigenvalue weighted by Gasteiger charge is 2.16. The van der Waals surface area contributed by atoms with E-state index < -0.39 is 0 Å². The second-order valence-corrected chi connectivity index (χ2v) is 8.57. The second-order valence-electron chi connectivity index (χ2n) is 7.62. The van der Waals surface area contributed by atoms with Gasteiger partial charge in [0.05, 0.1) is 17.7 Å². The molecule has 7 nitrogen and oxygen atoms in total. The summed E-state index contributed by atoms with van der Waals surface area (Å²) in [6, 6.07) is 8.16. The number of ether oxygens (including phenoxy) is 1. The number of hydrogen-bond donors (Lipinski definition) is 1. The average molecular weight is 425 g/mol. The summed E-state index contributed by atoms with van der Waals surface area (Å²) in [5, 5.41) is 5.49. The van der Waals surface area contributed by atoms with Gasteiger partial charge in [0.15, 0.2) is 0 Å². The van der Waals surface area contributed by atoms with Crippen LogP contribution >= 0.6 is 11.3 Å². The smallest absolute Gasteiger partial charge is 0.133 e. The maximum atomic E-state index is 5.44. The molecule has 3 aromatic rings. The van der Waals surface area contributed by atoms with Crippen molar-refractivity contribution in [2.24, 2.45) is 0 Å². The summed E-state index contributed by atoms with van der Waals surface area (Å²) < 4.78 is 5.44. The van der Waals surface area contributed by atoms with Gasteiger partial charge in [0.1, 0.15) is 23.7 Å². The quantitative estimate of drug-likeness (QED) is 0.622. The first kappa shape index (κ1) is 20.6. The van der Waals surface area contributed by atoms with Gasteiger partial charge in [-0.2, -0.15) is 0 Å². The van der Waals surface area contributed by atoms with E-state index in [-0.39, 0.29) is 0 Å². The number of piperazine rings is 1. The molecule has 1 aliphatic heterocycles. The highest BCUT2D eigenvalue weighted by atomic mass is 32.1. The Balaban J connectivity index is 1.40. The van der Waals surface area contributed by atoms with Crippen LogP contribution < -0.4 is 15.0 Å². The highest BCUT2D eigenvalue weighted by molar-refractivity contribution is 7.10. The van der Waals surface area contributed by atoms with Gasteiger partial charge in [0.2, 0.25) is 0 Å². The predicted molar refractivity (Wildman–Crippen MR) is 123 cm³/mol. The van der Waals surface area contributed by atoms with E-state index in [0.717, 1.165) is 61.4 Å². The van der Waals surface area contributed by atoms with E-state index in [4.69, 9.17) is 4.74 Å². The minimum atomic E-state index is 0.322. The maximum Gasteiger partial charge on any atom is 0.133 e. The third kappa shape index (κ3) is 4.71. The molecule has 0 spiro atoms. The molecule has 158 valence electrons. The molecule has 0 amide bonds. The minimum absolute atomic E-state index is 0.322. The standard InChI is InChI=1S/C22H28N6OS/c1-16(22-19(29-3)6-11-30-22)13-23-20-12-18(25-15-26-20)17-4-5-21(24-14-17)28-9-7-27(2)8-10-28/h4-6,11-12,14-16H,7-10,13H2,1-3H3,(H,23,25,26). The van der Waals surface area contributed by atoms with E-state index in [2.05, 4.69) is 61.6 Å². The molecule has 3 aromatic heterocycles. The molecule has 0 bridgehead atoms. The molecule has 4 rings (SSSR count). The molecule has 1 N–H and O–H groups in total. The zero-order valence-corrected chi connectivity index (χ0v) is 18.5. The number of nitrogens with zero attached hydrogens (tertiary/aromatic N) is 5. The van der Waals surface area contributed by atoms with Crippen LogP contribution in [0, 0.1) is 0 Å². The Morgan fingerprint density at radius 2 is 1.97 bits per heavy atom. The summed E-state index contributed by atoms with van der Waals surface area (Å²) in [6.07, 6.45) is 3.50. The summed E-state index contributed by atoms with van der Waals surface area (Å²) >= 11 is 1.72. The molecule has 4 heterocycles. The van der Waals surface area contributed by atoms with E-state index >= 15 is 0 Å². The summed E-state index contributed by atoms with van der Waals surface area (Å²) in [5.74, 6) is 3.11. The Kier molecular flexibility index (Phi) is 6.44. The Hall–Kier alpha value is -2.71. The number of thiophene rings is 1. The summed E-state index contributed by atoms with van der Waals surface area (Å²) in [6.45, 7) is 7.12. The van der Waals surface area contributed by atoms with Crippen LogP contribution in [0.4, 0.5) is 11.6 Å². The minimum Gasteiger partial charge on any atom is -0.496 e. The fourth-order valence-electron chi connectivity index (χ4n) is 3.56. The van der Waals surface area contributed by atoms with E-state index in [1.165, 1.54) is 4.88 Å². The zero-order chi connectivity index (χ0) is 20.9. The lowest BCUT2D eigenvalue weighted by Gasteiger charge is -2.33. The molecule has 0 aliphatic carbocycles. The van der Waals surface area contributed by atoms with Crippen LogP contribution in [0.3, 0.4) is 0 Å². The lowest BCUT2D eigenvalue weighted by atomic mass is 10.1. The van der Waals surface area contributed by atoms with Crippen LogP contribution in [0.1, 0.15) is 17.7 Å². The van der Waals surface area contributed by atoms with Gasteiger partial charge in [-0.05, 0) is 30.6 Å². The van der Waals surface area contributed by atoms with Crippen molar-refractivity contribution < 1.29 is 4.74 Å². The predicted octanol–water partition coefficient (Wildman–Crippen LogP) is 3.58. The summed E-state index contributed by atoms with van der Waals surface area (Å²) in [4.78, 5) is 19.4. The van der Waals surface area contributed by atoms with E-state index in [9.17, 15) is 0 Å². The maximum absolute atomic E-state index is 5.44. The van der Waals surface area contributed by atoms with Gasteiger partial charge in [-0.3, -0.25) is 0 Å². The van der Waals surface area contributed by atoms with Crippen LogP contribution in [0.2, 0.25) is 0 Å². The number of rotatable bonds is 7. The molecular weight excluding hydrogens is 396 g/mol. The Morgan fingerprint density at radius 1 is 1.13 bits per heavy atom. The van der Waals surface area contributed by atoms with Crippen molar-refractivity contribution in [2.75, 3.05) is 57.1 Å². The highest BCUT2D eigenvalue weighted by Crippen LogP contribution is 2.32. The van der Waals surface area contributed by atoms with Crippen molar-refractivity contribution in [2.45, 2.75) is 12.8 Å². The van der Waals surface area contributed by atoms with Gasteiger partial charge in [0.25, 0.3) is 0 Å². The van der Waals surface area contributed by atoms with Crippen molar-refractivity contribution in [3.05, 3.63) is 47.0 Å². The first-order valence-electron chi connectivity index (χ1n) is 10.2. The number of likely N-dealkylation sites (N-methyl/N-ethyl adjacent to an activating group) is 1. The molecule has 8 heteroatoms. The van der Waals surface area contributed by atoms with Crippen LogP contribution in [0.5, 0.6) is 5.75 Å². The van der Waals surface area contributed by atoms with E-state index in [0.29, 0.717) is 5.92 Å². The number of methoxy groups -OCH3 is 1. The zero-order valence-electron chi connectivity index (χ0n) is 17.7. The van der Waals surface area contributed by atoms with Gasteiger partial charge in [0, 0.05) is 56.5 Å². The van der Waals surface area contributed by atoms with E-state index in [1.54, 1.807) is 24.8 Å². The third-order valence-electron chi connectivity index (χ3n) is 5.45. The molecule has 1 atom stereocenters. The van der Waals surface area contributed by atoms with E-state index in [1.807, 2.05) is 18.3 Å².